The Balaban J connectivity index is 2.06. The van der Waals surface area contributed by atoms with E-state index in [2.05, 4.69) is 59.6 Å². The van der Waals surface area contributed by atoms with Crippen molar-refractivity contribution >= 4 is 23.0 Å². The van der Waals surface area contributed by atoms with Crippen LogP contribution in [0.1, 0.15) is 18.1 Å². The summed E-state index contributed by atoms with van der Waals surface area (Å²) in [6, 6.07) is 6.33. The fourth-order valence-electron chi connectivity index (χ4n) is 2.28. The van der Waals surface area contributed by atoms with E-state index in [-0.39, 0.29) is 0 Å². The summed E-state index contributed by atoms with van der Waals surface area (Å²) in [7, 11) is 0. The molecule has 5 heteroatoms. The van der Waals surface area contributed by atoms with Crippen molar-refractivity contribution in [1.29, 1.82) is 0 Å². The highest BCUT2D eigenvalue weighted by atomic mass is 15.1. The number of fused-ring (bicyclic) bond motifs is 1. The summed E-state index contributed by atoms with van der Waals surface area (Å²) in [4.78, 5) is 9.00. The van der Waals surface area contributed by atoms with Crippen LogP contribution in [-0.2, 0) is 0 Å². The maximum absolute atomic E-state index is 4.62. The van der Waals surface area contributed by atoms with Crippen LogP contribution in [0.15, 0.2) is 36.8 Å². The van der Waals surface area contributed by atoms with Crippen molar-refractivity contribution in [3.8, 4) is 0 Å². The monoisotopic (exact) mass is 281 g/mol. The molecule has 0 radical (unpaired) electrons. The second kappa shape index (κ2) is 5.44. The molecule has 0 amide bonds. The lowest BCUT2D eigenvalue weighted by Crippen LogP contribution is -2.05. The minimum Gasteiger partial charge on any atom is -0.369 e. The molecule has 3 rings (SSSR count). The highest BCUT2D eigenvalue weighted by Crippen LogP contribution is 2.24. The van der Waals surface area contributed by atoms with Gasteiger partial charge in [0.25, 0.3) is 0 Å². The van der Waals surface area contributed by atoms with E-state index in [0.29, 0.717) is 0 Å². The molecule has 108 valence electrons. The van der Waals surface area contributed by atoms with Crippen LogP contribution >= 0.6 is 0 Å². The molecule has 0 spiro atoms. The molecule has 0 fully saturated rings. The van der Waals surface area contributed by atoms with E-state index < -0.39 is 0 Å². The van der Waals surface area contributed by atoms with Gasteiger partial charge in [-0.05, 0) is 38.0 Å². The van der Waals surface area contributed by atoms with E-state index in [9.17, 15) is 0 Å². The average Bonchev–Trinajstić information content (AvgIpc) is 2.92. The van der Waals surface area contributed by atoms with Crippen molar-refractivity contribution in [3.05, 3.63) is 47.9 Å². The molecule has 0 aliphatic heterocycles. The predicted molar refractivity (Wildman–Crippen MR) is 86.3 cm³/mol. The lowest BCUT2D eigenvalue weighted by atomic mass is 10.1. The molecule has 0 aliphatic rings. The molecule has 3 aromatic rings. The number of nitrogens with zero attached hydrogens (tertiary/aromatic N) is 3. The topological polar surface area (TPSA) is 54.2 Å². The second-order valence-corrected chi connectivity index (χ2v) is 5.11. The molecule has 0 atom stereocenters. The third-order valence-electron chi connectivity index (χ3n) is 3.38. The fraction of sp³-hybridized carbons (Fsp3) is 0.250. The molecule has 0 unspecified atom stereocenters. The largest absolute Gasteiger partial charge is 0.369 e. The van der Waals surface area contributed by atoms with Crippen molar-refractivity contribution in [3.63, 3.8) is 0 Å². The number of benzene rings is 1. The zero-order valence-corrected chi connectivity index (χ0v) is 12.5. The molecule has 21 heavy (non-hydrogen) atoms. The van der Waals surface area contributed by atoms with Crippen LogP contribution in [-0.4, -0.2) is 20.9 Å². The molecule has 2 N–H and O–H groups in total. The summed E-state index contributed by atoms with van der Waals surface area (Å²) in [5.41, 5.74) is 4.27. The van der Waals surface area contributed by atoms with E-state index in [4.69, 9.17) is 0 Å². The molecule has 0 bridgehead atoms. The van der Waals surface area contributed by atoms with Crippen LogP contribution in [0.25, 0.3) is 5.65 Å². The van der Waals surface area contributed by atoms with E-state index in [1.165, 1.54) is 11.1 Å². The summed E-state index contributed by atoms with van der Waals surface area (Å²) in [5.74, 6) is 1.59. The number of imidazole rings is 1. The number of anilines is 3. The zero-order chi connectivity index (χ0) is 14.8. The van der Waals surface area contributed by atoms with Crippen molar-refractivity contribution in [2.24, 2.45) is 0 Å². The van der Waals surface area contributed by atoms with E-state index in [1.54, 1.807) is 6.20 Å². The first kappa shape index (κ1) is 13.4. The predicted octanol–water partition coefficient (Wildman–Crippen LogP) is 3.52. The zero-order valence-electron chi connectivity index (χ0n) is 12.5. The maximum Gasteiger partial charge on any atom is 0.180 e. The summed E-state index contributed by atoms with van der Waals surface area (Å²) in [6.45, 7) is 7.05. The summed E-state index contributed by atoms with van der Waals surface area (Å²) in [6.07, 6.45) is 5.65. The Labute approximate surface area is 124 Å². The van der Waals surface area contributed by atoms with E-state index in [0.717, 1.165) is 29.5 Å². The Morgan fingerprint density at radius 3 is 2.90 bits per heavy atom. The minimum absolute atomic E-state index is 0.757. The quantitative estimate of drug-likeness (QED) is 0.768. The van der Waals surface area contributed by atoms with Crippen molar-refractivity contribution < 1.29 is 0 Å². The fourth-order valence-corrected chi connectivity index (χ4v) is 2.28. The third-order valence-corrected chi connectivity index (χ3v) is 3.38. The number of aryl methyl sites for hydroxylation is 2. The number of rotatable bonds is 4. The minimum atomic E-state index is 0.757. The van der Waals surface area contributed by atoms with Crippen LogP contribution in [0.4, 0.5) is 17.3 Å². The van der Waals surface area contributed by atoms with Gasteiger partial charge in [0.1, 0.15) is 5.82 Å². The molecular weight excluding hydrogens is 262 g/mol. The third kappa shape index (κ3) is 2.67. The van der Waals surface area contributed by atoms with Crippen molar-refractivity contribution in [2.75, 3.05) is 17.2 Å². The summed E-state index contributed by atoms with van der Waals surface area (Å²) in [5, 5.41) is 6.65. The molecule has 0 saturated carbocycles. The van der Waals surface area contributed by atoms with Crippen LogP contribution in [0.2, 0.25) is 0 Å². The van der Waals surface area contributed by atoms with Gasteiger partial charge < -0.3 is 15.0 Å². The Hall–Kier alpha value is -2.56. The Bertz CT molecular complexity index is 775. The molecule has 0 aliphatic carbocycles. The highest BCUT2D eigenvalue weighted by molar-refractivity contribution is 5.73. The smallest absolute Gasteiger partial charge is 0.180 e. The Morgan fingerprint density at radius 1 is 1.24 bits per heavy atom. The van der Waals surface area contributed by atoms with Gasteiger partial charge in [-0.2, -0.15) is 0 Å². The number of hydrogen-bond acceptors (Lipinski definition) is 4. The average molecular weight is 281 g/mol. The van der Waals surface area contributed by atoms with Crippen LogP contribution in [0.5, 0.6) is 0 Å². The lowest BCUT2D eigenvalue weighted by molar-refractivity contribution is 1.09. The second-order valence-electron chi connectivity index (χ2n) is 5.11. The first-order chi connectivity index (χ1) is 10.2. The number of nitrogens with one attached hydrogen (secondary N) is 2. The molecule has 1 aromatic carbocycles. The van der Waals surface area contributed by atoms with Gasteiger partial charge in [0.2, 0.25) is 0 Å². The maximum atomic E-state index is 4.62. The molecule has 0 saturated heterocycles. The van der Waals surface area contributed by atoms with Gasteiger partial charge in [-0.1, -0.05) is 12.1 Å². The van der Waals surface area contributed by atoms with E-state index in [1.807, 2.05) is 16.8 Å². The van der Waals surface area contributed by atoms with Crippen molar-refractivity contribution in [2.45, 2.75) is 20.8 Å². The van der Waals surface area contributed by atoms with Gasteiger partial charge in [0.05, 0.1) is 6.20 Å². The number of hydrogen-bond donors (Lipinski definition) is 2. The molecule has 2 aromatic heterocycles. The normalized spacial score (nSPS) is 10.8. The molecule has 5 nitrogen and oxygen atoms in total. The summed E-state index contributed by atoms with van der Waals surface area (Å²) < 4.78 is 1.97. The van der Waals surface area contributed by atoms with E-state index >= 15 is 0 Å². The van der Waals surface area contributed by atoms with Gasteiger partial charge in [-0.3, -0.25) is 0 Å². The van der Waals surface area contributed by atoms with Crippen LogP contribution in [0.3, 0.4) is 0 Å². The Morgan fingerprint density at radius 2 is 2.10 bits per heavy atom. The van der Waals surface area contributed by atoms with Gasteiger partial charge >= 0.3 is 0 Å². The Kier molecular flexibility index (Phi) is 3.48. The number of aromatic nitrogens is 3. The standard InChI is InChI=1S/C16H19N5/c1-4-17-14-10-21-8-7-18-16(21)15(20-14)19-13-9-11(2)5-6-12(13)3/h5-10,17H,4H2,1-3H3,(H,19,20). The first-order valence-electron chi connectivity index (χ1n) is 7.09. The van der Waals surface area contributed by atoms with Gasteiger partial charge in [0, 0.05) is 24.6 Å². The molecule has 2 heterocycles. The highest BCUT2D eigenvalue weighted by Gasteiger charge is 2.09. The SMILES string of the molecule is CCNc1cn2ccnc2c(Nc2cc(C)ccc2C)n1. The van der Waals surface area contributed by atoms with Gasteiger partial charge in [-0.15, -0.1) is 0 Å². The first-order valence-corrected chi connectivity index (χ1v) is 7.09. The van der Waals surface area contributed by atoms with Crippen LogP contribution in [0, 0.1) is 13.8 Å². The van der Waals surface area contributed by atoms with Crippen molar-refractivity contribution in [1.82, 2.24) is 14.4 Å². The van der Waals surface area contributed by atoms with Crippen LogP contribution < -0.4 is 10.6 Å². The van der Waals surface area contributed by atoms with Gasteiger partial charge in [-0.25, -0.2) is 9.97 Å². The lowest BCUT2D eigenvalue weighted by Gasteiger charge is -2.12. The molecular formula is C16H19N5. The van der Waals surface area contributed by atoms with Gasteiger partial charge in [0.15, 0.2) is 11.5 Å². The summed E-state index contributed by atoms with van der Waals surface area (Å²) >= 11 is 0.